The number of hydrogen-bond acceptors (Lipinski definition) is 3. The van der Waals surface area contributed by atoms with Crippen molar-refractivity contribution in [2.45, 2.75) is 36.4 Å². The first-order valence-electron chi connectivity index (χ1n) is 8.21. The molecule has 140 valence electrons. The van der Waals surface area contributed by atoms with Crippen LogP contribution >= 0.6 is 0 Å². The third kappa shape index (κ3) is 4.02. The van der Waals surface area contributed by atoms with Crippen LogP contribution in [0.25, 0.3) is 0 Å². The molecular weight excluding hydrogens is 365 g/mol. The molecule has 0 aliphatic carbocycles. The fourth-order valence-electron chi connectivity index (χ4n) is 3.44. The number of benzene rings is 2. The number of sulfonamides is 1. The Morgan fingerprint density at radius 3 is 2.42 bits per heavy atom. The molecule has 4 nitrogen and oxygen atoms in total. The van der Waals surface area contributed by atoms with Gasteiger partial charge >= 0.3 is 6.18 Å². The van der Waals surface area contributed by atoms with E-state index in [1.165, 1.54) is 6.07 Å². The van der Waals surface area contributed by atoms with Gasteiger partial charge in [-0.1, -0.05) is 30.3 Å². The van der Waals surface area contributed by atoms with Gasteiger partial charge in [0.15, 0.2) is 0 Å². The van der Waals surface area contributed by atoms with Crippen molar-refractivity contribution >= 4 is 15.7 Å². The topological polar surface area (TPSA) is 63.4 Å². The van der Waals surface area contributed by atoms with Crippen LogP contribution in [-0.4, -0.2) is 21.0 Å². The predicted octanol–water partition coefficient (Wildman–Crippen LogP) is 3.56. The van der Waals surface area contributed by atoms with E-state index in [0.29, 0.717) is 12.2 Å². The maximum Gasteiger partial charge on any atom is 0.417 e. The second-order valence-corrected chi connectivity index (χ2v) is 7.93. The molecule has 0 aromatic heterocycles. The first-order chi connectivity index (χ1) is 12.2. The van der Waals surface area contributed by atoms with E-state index in [-0.39, 0.29) is 6.04 Å². The van der Waals surface area contributed by atoms with Gasteiger partial charge in [-0.3, -0.25) is 0 Å². The third-order valence-corrected chi connectivity index (χ3v) is 5.57. The van der Waals surface area contributed by atoms with Crippen LogP contribution in [0.4, 0.5) is 18.9 Å². The lowest BCUT2D eigenvalue weighted by atomic mass is 10.0. The van der Waals surface area contributed by atoms with Gasteiger partial charge in [-0.25, -0.2) is 13.6 Å². The molecule has 1 saturated heterocycles. The second-order valence-electron chi connectivity index (χ2n) is 6.40. The highest BCUT2D eigenvalue weighted by molar-refractivity contribution is 7.89. The molecule has 1 heterocycles. The van der Waals surface area contributed by atoms with Crippen LogP contribution < -0.4 is 10.0 Å². The summed E-state index contributed by atoms with van der Waals surface area (Å²) in [6.07, 6.45) is -2.34. The summed E-state index contributed by atoms with van der Waals surface area (Å²) in [7, 11) is -4.46. The zero-order valence-corrected chi connectivity index (χ0v) is 14.7. The SMILES string of the molecule is NS(=O)(=O)c1ccc(N2CCCC2Cc2ccccc2)cc1C(F)(F)F. The maximum absolute atomic E-state index is 13.4. The van der Waals surface area contributed by atoms with Crippen molar-refractivity contribution in [3.63, 3.8) is 0 Å². The van der Waals surface area contributed by atoms with Crippen molar-refractivity contribution in [3.8, 4) is 0 Å². The van der Waals surface area contributed by atoms with Crippen molar-refractivity contribution in [2.24, 2.45) is 5.14 Å². The van der Waals surface area contributed by atoms with Crippen LogP contribution in [0.3, 0.4) is 0 Å². The lowest BCUT2D eigenvalue weighted by Crippen LogP contribution is -2.31. The number of hydrogen-bond donors (Lipinski definition) is 1. The number of primary sulfonamides is 1. The molecule has 0 saturated carbocycles. The van der Waals surface area contributed by atoms with Gasteiger partial charge in [0, 0.05) is 18.3 Å². The molecule has 8 heteroatoms. The third-order valence-electron chi connectivity index (χ3n) is 4.60. The van der Waals surface area contributed by atoms with Crippen molar-refractivity contribution in [3.05, 3.63) is 59.7 Å². The van der Waals surface area contributed by atoms with E-state index in [0.717, 1.165) is 37.0 Å². The van der Waals surface area contributed by atoms with Gasteiger partial charge < -0.3 is 4.90 Å². The summed E-state index contributed by atoms with van der Waals surface area (Å²) in [5.41, 5.74) is 0.257. The molecule has 0 spiro atoms. The fourth-order valence-corrected chi connectivity index (χ4v) is 4.18. The first-order valence-corrected chi connectivity index (χ1v) is 9.75. The van der Waals surface area contributed by atoms with E-state index >= 15 is 0 Å². The van der Waals surface area contributed by atoms with Gasteiger partial charge in [-0.05, 0) is 43.0 Å². The highest BCUT2D eigenvalue weighted by Gasteiger charge is 2.37. The summed E-state index contributed by atoms with van der Waals surface area (Å²) in [6.45, 7) is 0.628. The van der Waals surface area contributed by atoms with Gasteiger partial charge in [0.25, 0.3) is 0 Å². The molecule has 0 amide bonds. The minimum absolute atomic E-state index is 0.0683. The smallest absolute Gasteiger partial charge is 0.368 e. The minimum Gasteiger partial charge on any atom is -0.368 e. The molecule has 1 fully saturated rings. The van der Waals surface area contributed by atoms with Gasteiger partial charge in [-0.15, -0.1) is 0 Å². The Morgan fingerprint density at radius 1 is 1.12 bits per heavy atom. The van der Waals surface area contributed by atoms with Crippen LogP contribution in [0.15, 0.2) is 53.4 Å². The number of alkyl halides is 3. The molecule has 1 atom stereocenters. The molecule has 3 rings (SSSR count). The van der Waals surface area contributed by atoms with Crippen LogP contribution in [0.1, 0.15) is 24.0 Å². The number of anilines is 1. The summed E-state index contributed by atoms with van der Waals surface area (Å²) < 4.78 is 63.1. The number of nitrogens with zero attached hydrogens (tertiary/aromatic N) is 1. The molecule has 0 bridgehead atoms. The summed E-state index contributed by atoms with van der Waals surface area (Å²) in [6, 6.07) is 13.1. The highest BCUT2D eigenvalue weighted by atomic mass is 32.2. The monoisotopic (exact) mass is 384 g/mol. The van der Waals surface area contributed by atoms with Crippen molar-refractivity contribution in [1.29, 1.82) is 0 Å². The Bertz CT molecular complexity index is 883. The summed E-state index contributed by atoms with van der Waals surface area (Å²) in [5, 5.41) is 4.95. The van der Waals surface area contributed by atoms with Gasteiger partial charge in [0.2, 0.25) is 10.0 Å². The van der Waals surface area contributed by atoms with E-state index in [9.17, 15) is 21.6 Å². The van der Waals surface area contributed by atoms with Gasteiger partial charge in [0.1, 0.15) is 0 Å². The van der Waals surface area contributed by atoms with E-state index in [4.69, 9.17) is 5.14 Å². The highest BCUT2D eigenvalue weighted by Crippen LogP contribution is 2.38. The molecule has 2 aromatic rings. The molecule has 2 N–H and O–H groups in total. The van der Waals surface area contributed by atoms with Crippen LogP contribution in [-0.2, 0) is 22.6 Å². The standard InChI is InChI=1S/C18H19F3N2O2S/c19-18(20,21)16-12-15(8-9-17(16)26(22,24)25)23-10-4-7-14(23)11-13-5-2-1-3-6-13/h1-3,5-6,8-9,12,14H,4,7,10-11H2,(H2,22,24,25). The fraction of sp³-hybridized carbons (Fsp3) is 0.333. The zero-order chi connectivity index (χ0) is 18.9. The summed E-state index contributed by atoms with van der Waals surface area (Å²) >= 11 is 0. The molecule has 1 unspecified atom stereocenters. The molecular formula is C18H19F3N2O2S. The van der Waals surface area contributed by atoms with E-state index in [1.54, 1.807) is 0 Å². The molecule has 1 aliphatic rings. The maximum atomic E-state index is 13.4. The van der Waals surface area contributed by atoms with E-state index in [2.05, 4.69) is 0 Å². The largest absolute Gasteiger partial charge is 0.417 e. The Morgan fingerprint density at radius 2 is 1.81 bits per heavy atom. The summed E-state index contributed by atoms with van der Waals surface area (Å²) in [5.74, 6) is 0. The Hall–Kier alpha value is -2.06. The van der Waals surface area contributed by atoms with Crippen LogP contribution in [0, 0.1) is 0 Å². The van der Waals surface area contributed by atoms with Gasteiger partial charge in [0.05, 0.1) is 10.5 Å². The quantitative estimate of drug-likeness (QED) is 0.877. The molecule has 26 heavy (non-hydrogen) atoms. The lowest BCUT2D eigenvalue weighted by molar-refractivity contribution is -0.139. The molecule has 1 aliphatic heterocycles. The van der Waals surface area contributed by atoms with Crippen molar-refractivity contribution < 1.29 is 21.6 Å². The number of halogens is 3. The Labute approximate surface area is 150 Å². The summed E-state index contributed by atoms with van der Waals surface area (Å²) in [4.78, 5) is 1.02. The minimum atomic E-state index is -4.80. The van der Waals surface area contributed by atoms with E-state index in [1.807, 2.05) is 35.2 Å². The zero-order valence-electron chi connectivity index (χ0n) is 13.9. The number of rotatable bonds is 4. The Balaban J connectivity index is 1.95. The Kier molecular flexibility index (Phi) is 4.98. The van der Waals surface area contributed by atoms with Gasteiger partial charge in [-0.2, -0.15) is 13.2 Å². The average Bonchev–Trinajstić information content (AvgIpc) is 3.02. The number of nitrogens with two attached hydrogens (primary N) is 1. The van der Waals surface area contributed by atoms with E-state index < -0.39 is 26.7 Å². The lowest BCUT2D eigenvalue weighted by Gasteiger charge is -2.28. The first kappa shape index (κ1) is 18.7. The van der Waals surface area contributed by atoms with Crippen LogP contribution in [0.5, 0.6) is 0 Å². The molecule has 2 aromatic carbocycles. The predicted molar refractivity (Wildman–Crippen MR) is 93.3 cm³/mol. The molecule has 0 radical (unpaired) electrons. The van der Waals surface area contributed by atoms with Crippen molar-refractivity contribution in [1.82, 2.24) is 0 Å². The second kappa shape index (κ2) is 6.92. The van der Waals surface area contributed by atoms with Crippen molar-refractivity contribution in [2.75, 3.05) is 11.4 Å². The van der Waals surface area contributed by atoms with Crippen LogP contribution in [0.2, 0.25) is 0 Å². The normalized spacial score (nSPS) is 18.3. The average molecular weight is 384 g/mol.